The molecule has 0 aliphatic carbocycles. The van der Waals surface area contributed by atoms with E-state index in [-0.39, 0.29) is 29.5 Å². The highest BCUT2D eigenvalue weighted by Crippen LogP contribution is 2.14. The molecular weight excluding hydrogens is 405 g/mol. The molecule has 1 aromatic heterocycles. The third-order valence-electron chi connectivity index (χ3n) is 3.94. The Kier molecular flexibility index (Phi) is 8.78. The lowest BCUT2D eigenvalue weighted by atomic mass is 10.0. The van der Waals surface area contributed by atoms with Gasteiger partial charge in [-0.25, -0.2) is 0 Å². The van der Waals surface area contributed by atoms with Gasteiger partial charge in [-0.2, -0.15) is 0 Å². The van der Waals surface area contributed by atoms with Crippen molar-refractivity contribution in [1.82, 2.24) is 20.5 Å². The van der Waals surface area contributed by atoms with Crippen LogP contribution in [0.4, 0.5) is 0 Å². The SMILES string of the molecule is CN=C(NCc1ccccn1)NCC(C)(C)N1CCOCC1.I. The maximum Gasteiger partial charge on any atom is 0.191 e. The molecule has 1 saturated heterocycles. The predicted octanol–water partition coefficient (Wildman–Crippen LogP) is 1.48. The lowest BCUT2D eigenvalue weighted by Gasteiger charge is -2.41. The van der Waals surface area contributed by atoms with Gasteiger partial charge < -0.3 is 15.4 Å². The summed E-state index contributed by atoms with van der Waals surface area (Å²) in [5.74, 6) is 0.798. The van der Waals surface area contributed by atoms with Gasteiger partial charge in [-0.3, -0.25) is 14.9 Å². The third-order valence-corrected chi connectivity index (χ3v) is 3.94. The monoisotopic (exact) mass is 433 g/mol. The number of pyridine rings is 1. The van der Waals surface area contributed by atoms with Crippen LogP contribution < -0.4 is 10.6 Å². The summed E-state index contributed by atoms with van der Waals surface area (Å²) in [5, 5.41) is 6.70. The van der Waals surface area contributed by atoms with E-state index >= 15 is 0 Å². The number of guanidine groups is 1. The van der Waals surface area contributed by atoms with Crippen LogP contribution in [0.5, 0.6) is 0 Å². The molecule has 0 aromatic carbocycles. The second-order valence-corrected chi connectivity index (χ2v) is 6.01. The summed E-state index contributed by atoms with van der Waals surface area (Å²) in [7, 11) is 1.79. The van der Waals surface area contributed by atoms with Gasteiger partial charge in [0.1, 0.15) is 0 Å². The van der Waals surface area contributed by atoms with Crippen molar-refractivity contribution in [1.29, 1.82) is 0 Å². The summed E-state index contributed by atoms with van der Waals surface area (Å²) in [4.78, 5) is 11.0. The van der Waals surface area contributed by atoms with Gasteiger partial charge in [0.25, 0.3) is 0 Å². The van der Waals surface area contributed by atoms with Gasteiger partial charge in [-0.15, -0.1) is 24.0 Å². The molecule has 0 bridgehead atoms. The van der Waals surface area contributed by atoms with Crippen molar-refractivity contribution in [3.63, 3.8) is 0 Å². The van der Waals surface area contributed by atoms with Gasteiger partial charge >= 0.3 is 0 Å². The van der Waals surface area contributed by atoms with Crippen molar-refractivity contribution in [2.24, 2.45) is 4.99 Å². The molecule has 7 heteroatoms. The Morgan fingerprint density at radius 3 is 2.65 bits per heavy atom. The number of halogens is 1. The molecule has 2 N–H and O–H groups in total. The number of rotatable bonds is 5. The zero-order valence-electron chi connectivity index (χ0n) is 14.2. The molecule has 1 fully saturated rings. The molecule has 1 aromatic rings. The highest BCUT2D eigenvalue weighted by atomic mass is 127. The van der Waals surface area contributed by atoms with Crippen molar-refractivity contribution < 1.29 is 4.74 Å². The second-order valence-electron chi connectivity index (χ2n) is 6.01. The maximum atomic E-state index is 5.42. The van der Waals surface area contributed by atoms with E-state index in [0.29, 0.717) is 6.54 Å². The lowest BCUT2D eigenvalue weighted by molar-refractivity contribution is -0.00834. The van der Waals surface area contributed by atoms with Crippen LogP contribution in [0.3, 0.4) is 0 Å². The van der Waals surface area contributed by atoms with Gasteiger partial charge in [-0.1, -0.05) is 6.07 Å². The molecule has 0 saturated carbocycles. The summed E-state index contributed by atoms with van der Waals surface area (Å²) in [6, 6.07) is 5.90. The Balaban J connectivity index is 0.00000264. The van der Waals surface area contributed by atoms with Gasteiger partial charge in [0.2, 0.25) is 0 Å². The van der Waals surface area contributed by atoms with E-state index in [1.165, 1.54) is 0 Å². The van der Waals surface area contributed by atoms with Crippen molar-refractivity contribution in [3.8, 4) is 0 Å². The molecule has 0 radical (unpaired) electrons. The topological polar surface area (TPSA) is 61.8 Å². The fourth-order valence-corrected chi connectivity index (χ4v) is 2.48. The number of nitrogens with zero attached hydrogens (tertiary/aromatic N) is 3. The Morgan fingerprint density at radius 1 is 1.30 bits per heavy atom. The highest BCUT2D eigenvalue weighted by molar-refractivity contribution is 14.0. The average molecular weight is 433 g/mol. The van der Waals surface area contributed by atoms with Gasteiger partial charge in [-0.05, 0) is 26.0 Å². The minimum atomic E-state index is 0. The number of hydrogen-bond acceptors (Lipinski definition) is 4. The lowest BCUT2D eigenvalue weighted by Crippen LogP contribution is -2.56. The number of hydrogen-bond donors (Lipinski definition) is 2. The molecule has 1 aliphatic heterocycles. The van der Waals surface area contributed by atoms with Crippen LogP contribution in [0.15, 0.2) is 29.4 Å². The summed E-state index contributed by atoms with van der Waals surface area (Å²) in [5.41, 5.74) is 1.06. The first kappa shape index (κ1) is 20.1. The van der Waals surface area contributed by atoms with E-state index in [0.717, 1.165) is 44.5 Å². The van der Waals surface area contributed by atoms with E-state index < -0.39 is 0 Å². The largest absolute Gasteiger partial charge is 0.379 e. The molecule has 130 valence electrons. The third kappa shape index (κ3) is 6.60. The van der Waals surface area contributed by atoms with Crippen LogP contribution in [0.2, 0.25) is 0 Å². The average Bonchev–Trinajstić information content (AvgIpc) is 2.57. The summed E-state index contributed by atoms with van der Waals surface area (Å²) < 4.78 is 5.42. The smallest absolute Gasteiger partial charge is 0.191 e. The molecule has 23 heavy (non-hydrogen) atoms. The quantitative estimate of drug-likeness (QED) is 0.419. The number of ether oxygens (including phenoxy) is 1. The maximum absolute atomic E-state index is 5.42. The fraction of sp³-hybridized carbons (Fsp3) is 0.625. The van der Waals surface area contributed by atoms with Crippen molar-refractivity contribution in [2.45, 2.75) is 25.9 Å². The Bertz CT molecular complexity index is 475. The standard InChI is InChI=1S/C16H27N5O.HI/c1-16(2,21-8-10-22-11-9-21)13-20-15(17-3)19-12-14-6-4-5-7-18-14;/h4-7H,8-13H2,1-3H3,(H2,17,19,20);1H. The molecule has 2 rings (SSSR count). The van der Waals surface area contributed by atoms with Crippen molar-refractivity contribution >= 4 is 29.9 Å². The fourth-order valence-electron chi connectivity index (χ4n) is 2.48. The van der Waals surface area contributed by atoms with E-state index in [2.05, 4.69) is 39.4 Å². The van der Waals surface area contributed by atoms with Crippen LogP contribution >= 0.6 is 24.0 Å². The van der Waals surface area contributed by atoms with Gasteiger partial charge in [0.15, 0.2) is 5.96 Å². The van der Waals surface area contributed by atoms with Crippen LogP contribution in [0.25, 0.3) is 0 Å². The van der Waals surface area contributed by atoms with Crippen molar-refractivity contribution in [3.05, 3.63) is 30.1 Å². The Labute approximate surface area is 156 Å². The minimum absolute atomic E-state index is 0. The van der Waals surface area contributed by atoms with Gasteiger partial charge in [0, 0.05) is 38.4 Å². The van der Waals surface area contributed by atoms with E-state index in [9.17, 15) is 0 Å². The molecule has 2 heterocycles. The van der Waals surface area contributed by atoms with E-state index in [4.69, 9.17) is 4.74 Å². The molecular formula is C16H28IN5O. The summed E-state index contributed by atoms with van der Waals surface area (Å²) >= 11 is 0. The predicted molar refractivity (Wildman–Crippen MR) is 104 cm³/mol. The van der Waals surface area contributed by atoms with E-state index in [1.807, 2.05) is 18.2 Å². The molecule has 1 aliphatic rings. The number of aromatic nitrogens is 1. The molecule has 0 amide bonds. The normalized spacial score (nSPS) is 16.6. The number of aliphatic imine (C=N–C) groups is 1. The molecule has 0 atom stereocenters. The van der Waals surface area contributed by atoms with E-state index in [1.54, 1.807) is 13.2 Å². The minimum Gasteiger partial charge on any atom is -0.379 e. The molecule has 0 unspecified atom stereocenters. The zero-order chi connectivity index (χ0) is 15.8. The highest BCUT2D eigenvalue weighted by Gasteiger charge is 2.28. The van der Waals surface area contributed by atoms with Crippen molar-refractivity contribution in [2.75, 3.05) is 39.9 Å². The van der Waals surface area contributed by atoms with Crippen LogP contribution in [0, 0.1) is 0 Å². The molecule has 0 spiro atoms. The number of morpholine rings is 1. The summed E-state index contributed by atoms with van der Waals surface area (Å²) in [6.45, 7) is 9.58. The first-order chi connectivity index (χ1) is 10.6. The van der Waals surface area contributed by atoms with Crippen LogP contribution in [-0.2, 0) is 11.3 Å². The van der Waals surface area contributed by atoms with Crippen LogP contribution in [0.1, 0.15) is 19.5 Å². The number of nitrogens with one attached hydrogen (secondary N) is 2. The van der Waals surface area contributed by atoms with Crippen LogP contribution in [-0.4, -0.2) is 61.3 Å². The Hall–Kier alpha value is -0.930. The summed E-state index contributed by atoms with van der Waals surface area (Å²) in [6.07, 6.45) is 1.80. The van der Waals surface area contributed by atoms with Gasteiger partial charge in [0.05, 0.1) is 25.5 Å². The first-order valence-electron chi connectivity index (χ1n) is 7.79. The first-order valence-corrected chi connectivity index (χ1v) is 7.79. The second kappa shape index (κ2) is 10.0. The zero-order valence-corrected chi connectivity index (χ0v) is 16.5. The molecule has 6 nitrogen and oxygen atoms in total. The Morgan fingerprint density at radius 2 is 2.04 bits per heavy atom.